The molecule has 0 fully saturated rings. The molecule has 0 rings (SSSR count). The van der Waals surface area contributed by atoms with Gasteiger partial charge < -0.3 is 20.3 Å². The third-order valence-electron chi connectivity index (χ3n) is 16.7. The Balaban J connectivity index is 3.43. The lowest BCUT2D eigenvalue weighted by atomic mass is 10.0. The van der Waals surface area contributed by atoms with Gasteiger partial charge in [0.2, 0.25) is 5.91 Å². The number of aliphatic hydroxyl groups excluding tert-OH is 2. The van der Waals surface area contributed by atoms with Crippen molar-refractivity contribution in [1.82, 2.24) is 5.32 Å². The van der Waals surface area contributed by atoms with Gasteiger partial charge in [0, 0.05) is 12.8 Å². The van der Waals surface area contributed by atoms with Crippen molar-refractivity contribution in [2.45, 2.75) is 405 Å². The zero-order valence-electron chi connectivity index (χ0n) is 53.4. The molecule has 0 saturated carbocycles. The summed E-state index contributed by atoms with van der Waals surface area (Å²) in [5, 5.41) is 23.4. The van der Waals surface area contributed by atoms with Gasteiger partial charge in [0.05, 0.1) is 25.4 Å². The zero-order valence-corrected chi connectivity index (χ0v) is 53.4. The van der Waals surface area contributed by atoms with Crippen molar-refractivity contribution in [1.29, 1.82) is 0 Å². The van der Waals surface area contributed by atoms with Crippen LogP contribution in [0.25, 0.3) is 0 Å². The van der Waals surface area contributed by atoms with Crippen LogP contribution in [0.1, 0.15) is 393 Å². The number of carbonyl (C=O) groups is 2. The van der Waals surface area contributed by atoms with E-state index in [0.29, 0.717) is 25.9 Å². The summed E-state index contributed by atoms with van der Waals surface area (Å²) in [6, 6.07) is -0.551. The highest BCUT2D eigenvalue weighted by Gasteiger charge is 2.20. The van der Waals surface area contributed by atoms with E-state index in [1.165, 1.54) is 308 Å². The molecule has 1 amide bonds. The standard InChI is InChI=1S/C73H139NO5/c1-3-5-7-9-11-13-15-17-19-21-23-24-25-26-27-28-30-33-37-41-45-49-53-57-61-65-71(76)70(69-75)74-72(77)66-62-58-54-50-46-42-38-34-31-29-32-36-40-44-48-52-56-60-64-68-79-73(78)67-63-59-55-51-47-43-39-35-22-20-18-16-14-12-10-8-6-4-2/h14,16,20,22,29,31,70-71,75-76H,3-13,15,17-19,21,23-28,30,32-69H2,1-2H3,(H,74,77)/b16-14-,22-20-,31-29-. The van der Waals surface area contributed by atoms with Gasteiger partial charge in [0.1, 0.15) is 0 Å². The fraction of sp³-hybridized carbons (Fsp3) is 0.890. The fourth-order valence-electron chi connectivity index (χ4n) is 11.2. The Kier molecular flexibility index (Phi) is 66.9. The Labute approximate surface area is 494 Å². The Hall–Kier alpha value is -1.92. The monoisotopic (exact) mass is 1110 g/mol. The number of unbranched alkanes of at least 4 members (excludes halogenated alkanes) is 50. The van der Waals surface area contributed by atoms with E-state index < -0.39 is 12.1 Å². The van der Waals surface area contributed by atoms with E-state index in [2.05, 4.69) is 55.6 Å². The molecule has 0 aliphatic heterocycles. The molecule has 0 spiro atoms. The van der Waals surface area contributed by atoms with Crippen LogP contribution in [0.5, 0.6) is 0 Å². The maximum atomic E-state index is 12.6. The average molecular weight is 1110 g/mol. The number of hydrogen-bond donors (Lipinski definition) is 3. The van der Waals surface area contributed by atoms with E-state index in [4.69, 9.17) is 4.74 Å². The van der Waals surface area contributed by atoms with Crippen LogP contribution in [0, 0.1) is 0 Å². The van der Waals surface area contributed by atoms with Gasteiger partial charge >= 0.3 is 5.97 Å². The fourth-order valence-corrected chi connectivity index (χ4v) is 11.2. The van der Waals surface area contributed by atoms with E-state index in [-0.39, 0.29) is 18.5 Å². The normalized spacial score (nSPS) is 12.7. The summed E-state index contributed by atoms with van der Waals surface area (Å²) in [5.41, 5.74) is 0. The molecule has 0 radical (unpaired) electrons. The summed E-state index contributed by atoms with van der Waals surface area (Å²) in [6.07, 6.45) is 87.5. The summed E-state index contributed by atoms with van der Waals surface area (Å²) in [4.78, 5) is 24.7. The van der Waals surface area contributed by atoms with Crippen LogP contribution >= 0.6 is 0 Å². The van der Waals surface area contributed by atoms with Gasteiger partial charge in [-0.05, 0) is 83.5 Å². The second-order valence-corrected chi connectivity index (χ2v) is 24.6. The number of carbonyl (C=O) groups excluding carboxylic acids is 2. The molecule has 0 bridgehead atoms. The predicted molar refractivity (Wildman–Crippen MR) is 347 cm³/mol. The molecule has 0 heterocycles. The van der Waals surface area contributed by atoms with E-state index in [1.807, 2.05) is 0 Å². The minimum atomic E-state index is -0.673. The van der Waals surface area contributed by atoms with Crippen molar-refractivity contribution in [3.8, 4) is 0 Å². The second-order valence-electron chi connectivity index (χ2n) is 24.6. The van der Waals surface area contributed by atoms with Crippen LogP contribution < -0.4 is 5.32 Å². The maximum Gasteiger partial charge on any atom is 0.305 e. The lowest BCUT2D eigenvalue weighted by Crippen LogP contribution is -2.45. The van der Waals surface area contributed by atoms with Gasteiger partial charge in [-0.25, -0.2) is 0 Å². The summed E-state index contributed by atoms with van der Waals surface area (Å²) in [6.45, 7) is 4.95. The third kappa shape index (κ3) is 65.1. The largest absolute Gasteiger partial charge is 0.466 e. The SMILES string of the molecule is CCCCCC/C=C\C/C=C\CCCCCCCCCC(=O)OCCCCCCCCCC/C=C\CCCCCCCCCC(=O)NC(CO)C(O)CCCCCCCCCCCCCCCCCCCCCCCCCCC. The Morgan fingerprint density at radius 3 is 0.987 bits per heavy atom. The van der Waals surface area contributed by atoms with Crippen molar-refractivity contribution >= 4 is 11.9 Å². The van der Waals surface area contributed by atoms with Gasteiger partial charge in [0.15, 0.2) is 0 Å². The zero-order chi connectivity index (χ0) is 57.1. The van der Waals surface area contributed by atoms with Crippen LogP contribution in [0.3, 0.4) is 0 Å². The topological polar surface area (TPSA) is 95.9 Å². The molecule has 0 aromatic rings. The maximum absolute atomic E-state index is 12.6. The van der Waals surface area contributed by atoms with Crippen molar-refractivity contribution < 1.29 is 24.5 Å². The molecule has 3 N–H and O–H groups in total. The number of ether oxygens (including phenoxy) is 1. The van der Waals surface area contributed by atoms with Crippen LogP contribution in [0.4, 0.5) is 0 Å². The van der Waals surface area contributed by atoms with Gasteiger partial charge in [0.25, 0.3) is 0 Å². The van der Waals surface area contributed by atoms with Crippen molar-refractivity contribution in [3.63, 3.8) is 0 Å². The first-order chi connectivity index (χ1) is 39.0. The van der Waals surface area contributed by atoms with Gasteiger partial charge in [-0.15, -0.1) is 0 Å². The molecular formula is C73H139NO5. The molecule has 79 heavy (non-hydrogen) atoms. The van der Waals surface area contributed by atoms with Gasteiger partial charge in [-0.3, -0.25) is 9.59 Å². The predicted octanol–water partition coefficient (Wildman–Crippen LogP) is 23.1. The molecule has 0 aromatic heterocycles. The number of esters is 1. The highest BCUT2D eigenvalue weighted by molar-refractivity contribution is 5.76. The molecule has 466 valence electrons. The molecule has 6 nitrogen and oxygen atoms in total. The summed E-state index contributed by atoms with van der Waals surface area (Å²) < 4.78 is 5.49. The lowest BCUT2D eigenvalue weighted by molar-refractivity contribution is -0.143. The Bertz CT molecular complexity index is 1280. The summed E-state index contributed by atoms with van der Waals surface area (Å²) in [7, 11) is 0. The number of amides is 1. The van der Waals surface area contributed by atoms with E-state index in [1.54, 1.807) is 0 Å². The molecule has 2 unspecified atom stereocenters. The quantitative estimate of drug-likeness (QED) is 0.0320. The molecular weight excluding hydrogens is 971 g/mol. The van der Waals surface area contributed by atoms with E-state index in [9.17, 15) is 19.8 Å². The van der Waals surface area contributed by atoms with Crippen LogP contribution in [-0.2, 0) is 14.3 Å². The smallest absolute Gasteiger partial charge is 0.305 e. The third-order valence-corrected chi connectivity index (χ3v) is 16.7. The van der Waals surface area contributed by atoms with Crippen molar-refractivity contribution in [2.75, 3.05) is 13.2 Å². The number of allylic oxidation sites excluding steroid dienone is 6. The van der Waals surface area contributed by atoms with Crippen LogP contribution in [0.15, 0.2) is 36.5 Å². The second kappa shape index (κ2) is 68.6. The van der Waals surface area contributed by atoms with Crippen LogP contribution in [-0.4, -0.2) is 47.4 Å². The number of rotatable bonds is 67. The Morgan fingerprint density at radius 2 is 0.633 bits per heavy atom. The van der Waals surface area contributed by atoms with Crippen molar-refractivity contribution in [3.05, 3.63) is 36.5 Å². The minimum Gasteiger partial charge on any atom is -0.466 e. The first-order valence-electron chi connectivity index (χ1n) is 35.7. The summed E-state index contributed by atoms with van der Waals surface area (Å²) >= 11 is 0. The molecule has 6 heteroatoms. The number of hydrogen-bond acceptors (Lipinski definition) is 5. The molecule has 0 saturated heterocycles. The lowest BCUT2D eigenvalue weighted by Gasteiger charge is -2.22. The number of nitrogens with one attached hydrogen (secondary N) is 1. The molecule has 0 aromatic carbocycles. The van der Waals surface area contributed by atoms with E-state index in [0.717, 1.165) is 51.4 Å². The average Bonchev–Trinajstić information content (AvgIpc) is 3.45. The summed E-state index contributed by atoms with van der Waals surface area (Å²) in [5.74, 6) is -0.0430. The molecule has 0 aliphatic rings. The number of aliphatic hydroxyl groups is 2. The van der Waals surface area contributed by atoms with Gasteiger partial charge in [-0.2, -0.15) is 0 Å². The highest BCUT2D eigenvalue weighted by atomic mass is 16.5. The minimum absolute atomic E-state index is 0.00246. The molecule has 0 aliphatic carbocycles. The first-order valence-corrected chi connectivity index (χ1v) is 35.7. The van der Waals surface area contributed by atoms with Gasteiger partial charge in [-0.1, -0.05) is 333 Å². The Morgan fingerprint density at radius 1 is 0.354 bits per heavy atom. The molecule has 2 atom stereocenters. The highest BCUT2D eigenvalue weighted by Crippen LogP contribution is 2.19. The van der Waals surface area contributed by atoms with E-state index >= 15 is 0 Å². The first kappa shape index (κ1) is 77.1. The van der Waals surface area contributed by atoms with Crippen molar-refractivity contribution in [2.24, 2.45) is 0 Å². The van der Waals surface area contributed by atoms with Crippen LogP contribution in [0.2, 0.25) is 0 Å².